The number of hydrogen-bond donors (Lipinski definition) is 0. The molecule has 0 saturated carbocycles. The Morgan fingerprint density at radius 2 is 1.44 bits per heavy atom. The lowest BCUT2D eigenvalue weighted by molar-refractivity contribution is 0.244. The molecule has 1 saturated heterocycles. The Morgan fingerprint density at radius 1 is 0.760 bits per heavy atom. The molecule has 5 nitrogen and oxygen atoms in total. The highest BCUT2D eigenvalue weighted by molar-refractivity contribution is 5.57. The molecule has 0 spiro atoms. The van der Waals surface area contributed by atoms with Gasteiger partial charge in [0.25, 0.3) is 0 Å². The van der Waals surface area contributed by atoms with Crippen molar-refractivity contribution < 1.29 is 0 Å². The molecule has 2 heterocycles. The maximum atomic E-state index is 4.27. The van der Waals surface area contributed by atoms with Crippen molar-refractivity contribution in [2.75, 3.05) is 37.6 Å². The highest BCUT2D eigenvalue weighted by Gasteiger charge is 2.17. The molecule has 5 heteroatoms. The van der Waals surface area contributed by atoms with Gasteiger partial charge in [-0.25, -0.2) is 4.68 Å². The number of rotatable bonds is 5. The van der Waals surface area contributed by atoms with E-state index in [1.54, 1.807) is 0 Å². The van der Waals surface area contributed by atoms with Crippen molar-refractivity contribution in [2.24, 2.45) is 0 Å². The average molecular weight is 333 g/mol. The lowest BCUT2D eigenvalue weighted by atomic mass is 10.2. The van der Waals surface area contributed by atoms with E-state index in [9.17, 15) is 0 Å². The third kappa shape index (κ3) is 3.72. The topological polar surface area (TPSA) is 37.2 Å². The van der Waals surface area contributed by atoms with Crippen molar-refractivity contribution >= 4 is 5.69 Å². The molecule has 0 amide bonds. The van der Waals surface area contributed by atoms with Crippen LogP contribution in [0.2, 0.25) is 0 Å². The minimum absolute atomic E-state index is 0.871. The molecule has 25 heavy (non-hydrogen) atoms. The molecule has 0 atom stereocenters. The van der Waals surface area contributed by atoms with E-state index in [1.807, 2.05) is 16.9 Å². The summed E-state index contributed by atoms with van der Waals surface area (Å²) in [7, 11) is 0. The highest BCUT2D eigenvalue weighted by Crippen LogP contribution is 2.18. The van der Waals surface area contributed by atoms with Crippen LogP contribution in [0.15, 0.2) is 66.9 Å². The van der Waals surface area contributed by atoms with Gasteiger partial charge in [-0.15, -0.1) is 5.10 Å². The van der Waals surface area contributed by atoms with Crippen LogP contribution in [-0.4, -0.2) is 52.6 Å². The van der Waals surface area contributed by atoms with Crippen LogP contribution in [0.25, 0.3) is 11.3 Å². The molecule has 0 N–H and O–H groups in total. The molecule has 0 radical (unpaired) electrons. The Bertz CT molecular complexity index is 776. The summed E-state index contributed by atoms with van der Waals surface area (Å²) >= 11 is 0. The fraction of sp³-hybridized carbons (Fsp3) is 0.300. The number of para-hydroxylation sites is 1. The number of anilines is 1. The predicted octanol–water partition coefficient (Wildman–Crippen LogP) is 2.77. The molecule has 1 aliphatic rings. The Hall–Kier alpha value is -2.66. The van der Waals surface area contributed by atoms with Crippen LogP contribution in [0.3, 0.4) is 0 Å². The smallest absolute Gasteiger partial charge is 0.0886 e. The van der Waals surface area contributed by atoms with Crippen LogP contribution in [0, 0.1) is 0 Å². The summed E-state index contributed by atoms with van der Waals surface area (Å²) in [4.78, 5) is 4.97. The number of piperazine rings is 1. The first-order chi connectivity index (χ1) is 12.4. The van der Waals surface area contributed by atoms with Crippen LogP contribution in [-0.2, 0) is 6.54 Å². The molecule has 4 rings (SSSR count). The zero-order chi connectivity index (χ0) is 16.9. The SMILES string of the molecule is c1ccc(-c2cnnn2CCN2CCN(c3ccccc3)CC2)cc1. The van der Waals surface area contributed by atoms with E-state index >= 15 is 0 Å². The number of hydrogen-bond acceptors (Lipinski definition) is 4. The molecule has 3 aromatic rings. The van der Waals surface area contributed by atoms with Crippen molar-refractivity contribution in [1.82, 2.24) is 19.9 Å². The number of benzene rings is 2. The van der Waals surface area contributed by atoms with E-state index < -0.39 is 0 Å². The first-order valence-corrected chi connectivity index (χ1v) is 8.86. The highest BCUT2D eigenvalue weighted by atomic mass is 15.4. The molecule has 1 fully saturated rings. The van der Waals surface area contributed by atoms with Crippen LogP contribution in [0.4, 0.5) is 5.69 Å². The van der Waals surface area contributed by atoms with Gasteiger partial charge in [-0.2, -0.15) is 0 Å². The van der Waals surface area contributed by atoms with Gasteiger partial charge in [-0.1, -0.05) is 53.7 Å². The van der Waals surface area contributed by atoms with Crippen LogP contribution in [0.5, 0.6) is 0 Å². The van der Waals surface area contributed by atoms with Crippen LogP contribution in [0.1, 0.15) is 0 Å². The molecule has 0 aliphatic carbocycles. The molecule has 0 bridgehead atoms. The fourth-order valence-corrected chi connectivity index (χ4v) is 3.36. The summed E-state index contributed by atoms with van der Waals surface area (Å²) in [5, 5.41) is 8.37. The van der Waals surface area contributed by atoms with Crippen molar-refractivity contribution in [2.45, 2.75) is 6.54 Å². The van der Waals surface area contributed by atoms with Gasteiger partial charge >= 0.3 is 0 Å². The lowest BCUT2D eigenvalue weighted by Gasteiger charge is -2.36. The Balaban J connectivity index is 1.33. The van der Waals surface area contributed by atoms with E-state index in [2.05, 4.69) is 74.7 Å². The third-order valence-electron chi connectivity index (χ3n) is 4.81. The molecule has 128 valence electrons. The summed E-state index contributed by atoms with van der Waals surface area (Å²) in [6.07, 6.45) is 1.85. The maximum Gasteiger partial charge on any atom is 0.0886 e. The largest absolute Gasteiger partial charge is 0.369 e. The second-order valence-corrected chi connectivity index (χ2v) is 6.37. The summed E-state index contributed by atoms with van der Waals surface area (Å²) < 4.78 is 2.01. The van der Waals surface area contributed by atoms with Gasteiger partial charge in [0, 0.05) is 44.0 Å². The van der Waals surface area contributed by atoms with E-state index in [0.717, 1.165) is 45.0 Å². The van der Waals surface area contributed by atoms with E-state index in [0.29, 0.717) is 0 Å². The Labute approximate surface area is 148 Å². The van der Waals surface area contributed by atoms with E-state index in [-0.39, 0.29) is 0 Å². The third-order valence-corrected chi connectivity index (χ3v) is 4.81. The van der Waals surface area contributed by atoms with Crippen molar-refractivity contribution in [1.29, 1.82) is 0 Å². The maximum absolute atomic E-state index is 4.27. The van der Waals surface area contributed by atoms with Gasteiger partial charge in [0.15, 0.2) is 0 Å². The molecular weight excluding hydrogens is 310 g/mol. The molecule has 0 unspecified atom stereocenters. The number of aromatic nitrogens is 3. The normalized spacial score (nSPS) is 15.4. The second kappa shape index (κ2) is 7.49. The summed E-state index contributed by atoms with van der Waals surface area (Å²) in [6, 6.07) is 21.0. The molecular formula is C20H23N5. The molecule has 2 aromatic carbocycles. The molecule has 1 aromatic heterocycles. The second-order valence-electron chi connectivity index (χ2n) is 6.37. The first kappa shape index (κ1) is 15.8. The van der Waals surface area contributed by atoms with Crippen LogP contribution < -0.4 is 4.90 Å². The molecule has 1 aliphatic heterocycles. The van der Waals surface area contributed by atoms with Gasteiger partial charge < -0.3 is 4.90 Å². The Kier molecular flexibility index (Phi) is 4.74. The van der Waals surface area contributed by atoms with Crippen molar-refractivity contribution in [3.63, 3.8) is 0 Å². The van der Waals surface area contributed by atoms with E-state index in [1.165, 1.54) is 11.3 Å². The fourth-order valence-electron chi connectivity index (χ4n) is 3.36. The standard InChI is InChI=1S/C20H23N5/c1-3-7-18(8-4-1)20-17-21-22-25(20)16-13-23-11-14-24(15-12-23)19-9-5-2-6-10-19/h1-10,17H,11-16H2. The van der Waals surface area contributed by atoms with Gasteiger partial charge in [-0.3, -0.25) is 4.90 Å². The summed E-state index contributed by atoms with van der Waals surface area (Å²) in [5.41, 5.74) is 3.58. The lowest BCUT2D eigenvalue weighted by Crippen LogP contribution is -2.47. The van der Waals surface area contributed by atoms with Gasteiger partial charge in [0.1, 0.15) is 0 Å². The van der Waals surface area contributed by atoms with Gasteiger partial charge in [0.05, 0.1) is 18.4 Å². The monoisotopic (exact) mass is 333 g/mol. The minimum atomic E-state index is 0.871. The zero-order valence-corrected chi connectivity index (χ0v) is 14.3. The van der Waals surface area contributed by atoms with Crippen molar-refractivity contribution in [3.05, 3.63) is 66.9 Å². The average Bonchev–Trinajstić information content (AvgIpc) is 3.17. The minimum Gasteiger partial charge on any atom is -0.369 e. The van der Waals surface area contributed by atoms with E-state index in [4.69, 9.17) is 0 Å². The summed E-state index contributed by atoms with van der Waals surface area (Å²) in [5.74, 6) is 0. The van der Waals surface area contributed by atoms with Gasteiger partial charge in [-0.05, 0) is 12.1 Å². The quantitative estimate of drug-likeness (QED) is 0.719. The zero-order valence-electron chi connectivity index (χ0n) is 14.3. The number of nitrogens with zero attached hydrogens (tertiary/aromatic N) is 5. The van der Waals surface area contributed by atoms with Crippen molar-refractivity contribution in [3.8, 4) is 11.3 Å². The Morgan fingerprint density at radius 3 is 2.16 bits per heavy atom. The first-order valence-electron chi connectivity index (χ1n) is 8.86. The predicted molar refractivity (Wildman–Crippen MR) is 101 cm³/mol. The summed E-state index contributed by atoms with van der Waals surface area (Å²) in [6.45, 7) is 6.20. The van der Waals surface area contributed by atoms with Gasteiger partial charge in [0.2, 0.25) is 0 Å². The van der Waals surface area contributed by atoms with Crippen LogP contribution >= 0.6 is 0 Å².